The minimum atomic E-state index is -3.70. The third-order valence-corrected chi connectivity index (χ3v) is 6.23. The first-order valence-electron chi connectivity index (χ1n) is 9.28. The lowest BCUT2D eigenvalue weighted by molar-refractivity contribution is -0.123. The van der Waals surface area contributed by atoms with Crippen LogP contribution in [0.15, 0.2) is 53.4 Å². The summed E-state index contributed by atoms with van der Waals surface area (Å²) in [6.07, 6.45) is 0. The van der Waals surface area contributed by atoms with Crippen molar-refractivity contribution >= 4 is 21.8 Å². The molecule has 2 aromatic rings. The molecule has 2 rings (SSSR count). The van der Waals surface area contributed by atoms with Crippen molar-refractivity contribution in [1.82, 2.24) is 15.2 Å². The van der Waals surface area contributed by atoms with Gasteiger partial charge in [-0.15, -0.1) is 0 Å². The fourth-order valence-corrected chi connectivity index (χ4v) is 4.07. The van der Waals surface area contributed by atoms with Crippen LogP contribution in [0.2, 0.25) is 0 Å². The number of amides is 2. The second-order valence-corrected chi connectivity index (χ2v) is 8.02. The van der Waals surface area contributed by atoms with Gasteiger partial charge in [0, 0.05) is 18.7 Å². The van der Waals surface area contributed by atoms with Crippen molar-refractivity contribution < 1.29 is 27.5 Å². The largest absolute Gasteiger partial charge is 0.497 e. The Kier molecular flexibility index (Phi) is 8.19. The van der Waals surface area contributed by atoms with E-state index >= 15 is 0 Å². The number of sulfonamides is 1. The number of nitrogens with one attached hydrogen (secondary N) is 2. The highest BCUT2D eigenvalue weighted by Crippen LogP contribution is 2.17. The van der Waals surface area contributed by atoms with E-state index in [0.29, 0.717) is 24.6 Å². The molecule has 0 aliphatic heterocycles. The summed E-state index contributed by atoms with van der Waals surface area (Å²) in [6.45, 7) is 3.80. The minimum absolute atomic E-state index is 0.00742. The first-order chi connectivity index (χ1) is 14.3. The third-order valence-electron chi connectivity index (χ3n) is 4.18. The number of hydrogen-bond acceptors (Lipinski definition) is 6. The lowest BCUT2D eigenvalue weighted by atomic mass is 10.2. The maximum absolute atomic E-state index is 12.6. The van der Waals surface area contributed by atoms with Gasteiger partial charge < -0.3 is 9.47 Å². The molecular weight excluding hydrogens is 410 g/mol. The average Bonchev–Trinajstić information content (AvgIpc) is 2.77. The quantitative estimate of drug-likeness (QED) is 0.578. The van der Waals surface area contributed by atoms with Crippen molar-refractivity contribution in [1.29, 1.82) is 0 Å². The summed E-state index contributed by atoms with van der Waals surface area (Å²) in [5.41, 5.74) is 4.57. The molecule has 0 aliphatic rings. The van der Waals surface area contributed by atoms with E-state index in [2.05, 4.69) is 10.9 Å². The zero-order valence-electron chi connectivity index (χ0n) is 17.0. The van der Waals surface area contributed by atoms with Crippen LogP contribution < -0.4 is 20.3 Å². The molecule has 162 valence electrons. The first-order valence-corrected chi connectivity index (χ1v) is 10.7. The highest BCUT2D eigenvalue weighted by molar-refractivity contribution is 7.89. The molecule has 0 fully saturated rings. The van der Waals surface area contributed by atoms with Gasteiger partial charge in [-0.1, -0.05) is 19.9 Å². The zero-order chi connectivity index (χ0) is 22.1. The number of methoxy groups -OCH3 is 1. The van der Waals surface area contributed by atoms with Crippen molar-refractivity contribution in [2.24, 2.45) is 0 Å². The van der Waals surface area contributed by atoms with Gasteiger partial charge in [-0.05, 0) is 42.5 Å². The molecule has 0 radical (unpaired) electrons. The fraction of sp³-hybridized carbons (Fsp3) is 0.300. The number of rotatable bonds is 9. The summed E-state index contributed by atoms with van der Waals surface area (Å²) in [4.78, 5) is 24.2. The summed E-state index contributed by atoms with van der Waals surface area (Å²) >= 11 is 0. The Hall–Kier alpha value is -3.11. The van der Waals surface area contributed by atoms with Crippen molar-refractivity contribution in [2.45, 2.75) is 18.7 Å². The van der Waals surface area contributed by atoms with Gasteiger partial charge in [0.2, 0.25) is 10.0 Å². The number of ether oxygens (including phenoxy) is 2. The molecule has 0 spiro atoms. The lowest BCUT2D eigenvalue weighted by Crippen LogP contribution is -2.43. The standard InChI is InChI=1S/C20H25N3O6S/c1-4-23(5-2)30(26,27)18-8-6-7-15(13-18)20(25)22-21-19(24)14-29-17-11-9-16(28-3)10-12-17/h6-13H,4-5,14H2,1-3H3,(H,21,24)(H,22,25). The van der Waals surface area contributed by atoms with Crippen LogP contribution in [0.3, 0.4) is 0 Å². The average molecular weight is 436 g/mol. The van der Waals surface area contributed by atoms with Gasteiger partial charge >= 0.3 is 0 Å². The number of carbonyl (C=O) groups is 2. The predicted octanol–water partition coefficient (Wildman–Crippen LogP) is 1.57. The lowest BCUT2D eigenvalue weighted by Gasteiger charge is -2.18. The van der Waals surface area contributed by atoms with Gasteiger partial charge in [-0.2, -0.15) is 4.31 Å². The number of nitrogens with zero attached hydrogens (tertiary/aromatic N) is 1. The molecule has 2 N–H and O–H groups in total. The normalized spacial score (nSPS) is 11.1. The van der Waals surface area contributed by atoms with Crippen LogP contribution in [0.5, 0.6) is 11.5 Å². The Morgan fingerprint density at radius 3 is 2.20 bits per heavy atom. The summed E-state index contributed by atoms with van der Waals surface area (Å²) in [6, 6.07) is 12.3. The molecule has 0 saturated carbocycles. The molecule has 0 aliphatic carbocycles. The van der Waals surface area contributed by atoms with E-state index in [4.69, 9.17) is 9.47 Å². The Balaban J connectivity index is 1.93. The maximum Gasteiger partial charge on any atom is 0.276 e. The van der Waals surface area contributed by atoms with Crippen LogP contribution in [-0.2, 0) is 14.8 Å². The summed E-state index contributed by atoms with van der Waals surface area (Å²) < 4.78 is 36.8. The van der Waals surface area contributed by atoms with Crippen molar-refractivity contribution in [3.8, 4) is 11.5 Å². The van der Waals surface area contributed by atoms with Gasteiger partial charge in [-0.25, -0.2) is 8.42 Å². The second-order valence-electron chi connectivity index (χ2n) is 6.08. The molecule has 2 amide bonds. The number of hydrazine groups is 1. The topological polar surface area (TPSA) is 114 Å². The Morgan fingerprint density at radius 1 is 0.967 bits per heavy atom. The molecule has 2 aromatic carbocycles. The number of hydrogen-bond donors (Lipinski definition) is 2. The molecule has 9 nitrogen and oxygen atoms in total. The van der Waals surface area contributed by atoms with Crippen LogP contribution >= 0.6 is 0 Å². The molecule has 30 heavy (non-hydrogen) atoms. The van der Waals surface area contributed by atoms with Crippen LogP contribution in [0, 0.1) is 0 Å². The maximum atomic E-state index is 12.6. The Bertz CT molecular complexity index is 972. The van der Waals surface area contributed by atoms with Crippen LogP contribution in [-0.4, -0.2) is 51.3 Å². The van der Waals surface area contributed by atoms with Gasteiger partial charge in [0.1, 0.15) is 11.5 Å². The number of carbonyl (C=O) groups excluding carboxylic acids is 2. The zero-order valence-corrected chi connectivity index (χ0v) is 17.9. The molecule has 0 heterocycles. The predicted molar refractivity (Wildman–Crippen MR) is 111 cm³/mol. The van der Waals surface area contributed by atoms with E-state index in [9.17, 15) is 18.0 Å². The molecule has 0 atom stereocenters. The molecule has 0 bridgehead atoms. The molecular formula is C20H25N3O6S. The molecule has 0 unspecified atom stereocenters. The highest BCUT2D eigenvalue weighted by Gasteiger charge is 2.22. The summed E-state index contributed by atoms with van der Waals surface area (Å²) in [5.74, 6) is -0.105. The third kappa shape index (κ3) is 5.94. The van der Waals surface area contributed by atoms with E-state index in [1.54, 1.807) is 45.2 Å². The van der Waals surface area contributed by atoms with Gasteiger partial charge in [0.15, 0.2) is 6.61 Å². The SMILES string of the molecule is CCN(CC)S(=O)(=O)c1cccc(C(=O)NNC(=O)COc2ccc(OC)cc2)c1. The molecule has 10 heteroatoms. The monoisotopic (exact) mass is 435 g/mol. The van der Waals surface area contributed by atoms with Gasteiger partial charge in [0.05, 0.1) is 12.0 Å². The smallest absolute Gasteiger partial charge is 0.276 e. The first kappa shape index (κ1) is 23.2. The molecule has 0 saturated heterocycles. The number of benzene rings is 2. The van der Waals surface area contributed by atoms with Crippen molar-refractivity contribution in [3.63, 3.8) is 0 Å². The summed E-state index contributed by atoms with van der Waals surface area (Å²) in [5, 5.41) is 0. The van der Waals surface area contributed by atoms with Crippen molar-refractivity contribution in [2.75, 3.05) is 26.8 Å². The van der Waals surface area contributed by atoms with Crippen LogP contribution in [0.4, 0.5) is 0 Å². The van der Waals surface area contributed by atoms with E-state index in [1.165, 1.54) is 28.6 Å². The van der Waals surface area contributed by atoms with Gasteiger partial charge in [0.25, 0.3) is 11.8 Å². The fourth-order valence-electron chi connectivity index (χ4n) is 2.57. The Morgan fingerprint density at radius 2 is 1.60 bits per heavy atom. The Labute approximate surface area is 176 Å². The van der Waals surface area contributed by atoms with Gasteiger partial charge in [-0.3, -0.25) is 20.4 Å². The molecule has 0 aromatic heterocycles. The van der Waals surface area contributed by atoms with Crippen LogP contribution in [0.1, 0.15) is 24.2 Å². The highest BCUT2D eigenvalue weighted by atomic mass is 32.2. The van der Waals surface area contributed by atoms with E-state index in [0.717, 1.165) is 0 Å². The van der Waals surface area contributed by atoms with Crippen molar-refractivity contribution in [3.05, 3.63) is 54.1 Å². The van der Waals surface area contributed by atoms with E-state index < -0.39 is 21.8 Å². The van der Waals surface area contributed by atoms with Crippen LogP contribution in [0.25, 0.3) is 0 Å². The second kappa shape index (κ2) is 10.6. The van der Waals surface area contributed by atoms with E-state index in [1.807, 2.05) is 0 Å². The summed E-state index contributed by atoms with van der Waals surface area (Å²) in [7, 11) is -2.15. The van der Waals surface area contributed by atoms with E-state index in [-0.39, 0.29) is 17.1 Å². The minimum Gasteiger partial charge on any atom is -0.497 e.